The molecule has 2 rings (SSSR count). The van der Waals surface area contributed by atoms with Gasteiger partial charge in [-0.1, -0.05) is 35.8 Å². The highest BCUT2D eigenvalue weighted by Crippen LogP contribution is 2.29. The van der Waals surface area contributed by atoms with E-state index in [0.717, 1.165) is 26.2 Å². The fourth-order valence-corrected chi connectivity index (χ4v) is 3.48. The molecule has 20 heavy (non-hydrogen) atoms. The largest absolute Gasteiger partial charge is 0.370 e. The lowest BCUT2D eigenvalue weighted by Crippen LogP contribution is -2.34. The Morgan fingerprint density at radius 3 is 2.65 bits per heavy atom. The number of rotatable bonds is 5. The summed E-state index contributed by atoms with van der Waals surface area (Å²) in [7, 11) is 4.36. The van der Waals surface area contributed by atoms with Gasteiger partial charge in [0.25, 0.3) is 0 Å². The minimum atomic E-state index is 0.648. The van der Waals surface area contributed by atoms with Gasteiger partial charge in [0.05, 0.1) is 0 Å². The molecule has 0 saturated carbocycles. The van der Waals surface area contributed by atoms with Gasteiger partial charge in [-0.3, -0.25) is 0 Å². The van der Waals surface area contributed by atoms with Crippen LogP contribution in [0.15, 0.2) is 22.7 Å². The molecule has 0 radical (unpaired) electrons. The molecule has 1 N–H and O–H groups in total. The van der Waals surface area contributed by atoms with Crippen molar-refractivity contribution in [2.45, 2.75) is 26.4 Å². The summed E-state index contributed by atoms with van der Waals surface area (Å²) in [5.74, 6) is 0.713. The number of likely N-dealkylation sites (N-methyl/N-ethyl adjacent to an activating group) is 1. The Morgan fingerprint density at radius 2 is 2.10 bits per heavy atom. The van der Waals surface area contributed by atoms with Crippen LogP contribution in [-0.4, -0.2) is 44.7 Å². The van der Waals surface area contributed by atoms with Gasteiger partial charge in [-0.05, 0) is 44.3 Å². The third-order valence-corrected chi connectivity index (χ3v) is 4.94. The van der Waals surface area contributed by atoms with Crippen LogP contribution in [0.2, 0.25) is 0 Å². The second-order valence-electron chi connectivity index (χ2n) is 5.97. The molecule has 1 fully saturated rings. The van der Waals surface area contributed by atoms with Crippen LogP contribution in [0, 0.1) is 5.92 Å². The van der Waals surface area contributed by atoms with Gasteiger partial charge in [-0.2, -0.15) is 0 Å². The van der Waals surface area contributed by atoms with Crippen LogP contribution in [-0.2, 0) is 6.54 Å². The standard InChI is InChI=1S/C16H26BrN3/c1-5-18-9-13-6-7-14(8-15(13)17)20-10-12(2)16(11-20)19(3)4/h6-8,12,16,18H,5,9-11H2,1-4H3. The van der Waals surface area contributed by atoms with Crippen molar-refractivity contribution in [2.75, 3.05) is 38.6 Å². The smallest absolute Gasteiger partial charge is 0.0378 e. The van der Waals surface area contributed by atoms with E-state index in [4.69, 9.17) is 0 Å². The number of anilines is 1. The summed E-state index contributed by atoms with van der Waals surface area (Å²) >= 11 is 3.71. The predicted molar refractivity (Wildman–Crippen MR) is 90.4 cm³/mol. The summed E-state index contributed by atoms with van der Waals surface area (Å²) in [6.45, 7) is 8.67. The van der Waals surface area contributed by atoms with Crippen LogP contribution in [0.3, 0.4) is 0 Å². The maximum atomic E-state index is 3.71. The molecule has 4 heteroatoms. The molecule has 0 bridgehead atoms. The fourth-order valence-electron chi connectivity index (χ4n) is 2.97. The Kier molecular flexibility index (Phi) is 5.47. The average Bonchev–Trinajstić information content (AvgIpc) is 2.79. The second-order valence-corrected chi connectivity index (χ2v) is 6.82. The minimum absolute atomic E-state index is 0.648. The van der Waals surface area contributed by atoms with Crippen LogP contribution < -0.4 is 10.2 Å². The normalized spacial score (nSPS) is 22.8. The topological polar surface area (TPSA) is 18.5 Å². The molecule has 1 saturated heterocycles. The van der Waals surface area contributed by atoms with Gasteiger partial charge in [0.1, 0.15) is 0 Å². The molecule has 0 spiro atoms. The number of halogens is 1. The minimum Gasteiger partial charge on any atom is -0.370 e. The second kappa shape index (κ2) is 6.92. The van der Waals surface area contributed by atoms with Gasteiger partial charge < -0.3 is 15.1 Å². The highest BCUT2D eigenvalue weighted by molar-refractivity contribution is 9.10. The summed E-state index contributed by atoms with van der Waals surface area (Å²) in [5.41, 5.74) is 2.65. The molecule has 2 unspecified atom stereocenters. The Bertz CT molecular complexity index is 447. The van der Waals surface area contributed by atoms with E-state index in [2.05, 4.69) is 77.2 Å². The van der Waals surface area contributed by atoms with Gasteiger partial charge in [-0.15, -0.1) is 0 Å². The van der Waals surface area contributed by atoms with Gasteiger partial charge in [0, 0.05) is 35.8 Å². The van der Waals surface area contributed by atoms with Crippen molar-refractivity contribution >= 4 is 21.6 Å². The fraction of sp³-hybridized carbons (Fsp3) is 0.625. The van der Waals surface area contributed by atoms with Gasteiger partial charge in [0.15, 0.2) is 0 Å². The summed E-state index contributed by atoms with van der Waals surface area (Å²) in [4.78, 5) is 4.84. The van der Waals surface area contributed by atoms with Crippen LogP contribution in [0.1, 0.15) is 19.4 Å². The van der Waals surface area contributed by atoms with Crippen LogP contribution in [0.4, 0.5) is 5.69 Å². The molecule has 1 aliphatic heterocycles. The lowest BCUT2D eigenvalue weighted by molar-refractivity contribution is 0.266. The van der Waals surface area contributed by atoms with E-state index in [-0.39, 0.29) is 0 Å². The first kappa shape index (κ1) is 15.8. The van der Waals surface area contributed by atoms with Gasteiger partial charge >= 0.3 is 0 Å². The predicted octanol–water partition coefficient (Wildman–Crippen LogP) is 2.94. The average molecular weight is 340 g/mol. The first-order valence-electron chi connectivity index (χ1n) is 7.43. The molecule has 0 amide bonds. The number of nitrogens with one attached hydrogen (secondary N) is 1. The monoisotopic (exact) mass is 339 g/mol. The molecule has 1 heterocycles. The van der Waals surface area contributed by atoms with E-state index in [9.17, 15) is 0 Å². The van der Waals surface area contributed by atoms with Gasteiger partial charge in [0.2, 0.25) is 0 Å². The zero-order valence-corrected chi connectivity index (χ0v) is 14.6. The summed E-state index contributed by atoms with van der Waals surface area (Å²) in [6, 6.07) is 7.39. The Balaban J connectivity index is 2.09. The van der Waals surface area contributed by atoms with Gasteiger partial charge in [-0.25, -0.2) is 0 Å². The van der Waals surface area contributed by atoms with Crippen LogP contribution >= 0.6 is 15.9 Å². The first-order valence-corrected chi connectivity index (χ1v) is 8.22. The van der Waals surface area contributed by atoms with Crippen LogP contribution in [0.25, 0.3) is 0 Å². The first-order chi connectivity index (χ1) is 9.52. The van der Waals surface area contributed by atoms with E-state index in [1.807, 2.05) is 0 Å². The molecule has 1 aromatic carbocycles. The lowest BCUT2D eigenvalue weighted by atomic mass is 10.1. The lowest BCUT2D eigenvalue weighted by Gasteiger charge is -2.23. The van der Waals surface area contributed by atoms with Crippen molar-refractivity contribution < 1.29 is 0 Å². The third-order valence-electron chi connectivity index (χ3n) is 4.20. The molecule has 1 aliphatic rings. The third kappa shape index (κ3) is 3.54. The van der Waals surface area contributed by atoms with Crippen molar-refractivity contribution in [3.05, 3.63) is 28.2 Å². The number of nitrogens with zero attached hydrogens (tertiary/aromatic N) is 2. The van der Waals surface area contributed by atoms with Crippen molar-refractivity contribution in [1.29, 1.82) is 0 Å². The molecule has 1 aromatic rings. The molecule has 112 valence electrons. The maximum absolute atomic E-state index is 3.71. The van der Waals surface area contributed by atoms with Crippen LogP contribution in [0.5, 0.6) is 0 Å². The number of hydrogen-bond acceptors (Lipinski definition) is 3. The molecule has 0 aromatic heterocycles. The van der Waals surface area contributed by atoms with Crippen molar-refractivity contribution in [2.24, 2.45) is 5.92 Å². The van der Waals surface area contributed by atoms with Crippen molar-refractivity contribution in [3.63, 3.8) is 0 Å². The van der Waals surface area contributed by atoms with Crippen molar-refractivity contribution in [3.8, 4) is 0 Å². The SMILES string of the molecule is CCNCc1ccc(N2CC(C)C(N(C)C)C2)cc1Br. The zero-order chi connectivity index (χ0) is 14.7. The van der Waals surface area contributed by atoms with E-state index in [1.165, 1.54) is 15.7 Å². The molecule has 3 nitrogen and oxygen atoms in total. The van der Waals surface area contributed by atoms with E-state index in [1.54, 1.807) is 0 Å². The van der Waals surface area contributed by atoms with E-state index in [0.29, 0.717) is 12.0 Å². The summed E-state index contributed by atoms with van der Waals surface area (Å²) in [6.07, 6.45) is 0. The highest BCUT2D eigenvalue weighted by Gasteiger charge is 2.31. The number of benzene rings is 1. The zero-order valence-electron chi connectivity index (χ0n) is 13.0. The molecular formula is C16H26BrN3. The molecule has 2 atom stereocenters. The molecule has 0 aliphatic carbocycles. The van der Waals surface area contributed by atoms with E-state index < -0.39 is 0 Å². The van der Waals surface area contributed by atoms with Crippen molar-refractivity contribution in [1.82, 2.24) is 10.2 Å². The highest BCUT2D eigenvalue weighted by atomic mass is 79.9. The van der Waals surface area contributed by atoms with E-state index >= 15 is 0 Å². The maximum Gasteiger partial charge on any atom is 0.0378 e. The quantitative estimate of drug-likeness (QED) is 0.889. The Morgan fingerprint density at radius 1 is 1.35 bits per heavy atom. The summed E-state index contributed by atoms with van der Waals surface area (Å²) < 4.78 is 1.21. The Labute approximate surface area is 131 Å². The molecular weight excluding hydrogens is 314 g/mol. The summed E-state index contributed by atoms with van der Waals surface area (Å²) in [5, 5.41) is 3.37. The number of hydrogen-bond donors (Lipinski definition) is 1. The Hall–Kier alpha value is -0.580.